The number of anilines is 1. The quantitative estimate of drug-likeness (QED) is 0.599. The molecule has 0 aliphatic heterocycles. The zero-order chi connectivity index (χ0) is 16.4. The largest absolute Gasteiger partial charge is 0.505 e. The van der Waals surface area contributed by atoms with E-state index in [2.05, 4.69) is 20.3 Å². The smallest absolute Gasteiger partial charge is 0.223 e. The van der Waals surface area contributed by atoms with E-state index < -0.39 is 6.04 Å². The Balaban J connectivity index is 1.83. The molecule has 0 saturated carbocycles. The van der Waals surface area contributed by atoms with Gasteiger partial charge in [-0.25, -0.2) is 9.97 Å². The van der Waals surface area contributed by atoms with Crippen molar-refractivity contribution in [2.75, 3.05) is 5.32 Å². The van der Waals surface area contributed by atoms with E-state index in [1.54, 1.807) is 37.0 Å². The predicted octanol–water partition coefficient (Wildman–Crippen LogP) is 3.52. The molecule has 0 aliphatic carbocycles. The monoisotopic (exact) mass is 318 g/mol. The number of fused-ring (bicyclic) bond motifs is 1. The number of rotatable bonds is 4. The molecule has 0 fully saturated rings. The first kappa shape index (κ1) is 14.2. The Morgan fingerprint density at radius 2 is 1.75 bits per heavy atom. The summed E-state index contributed by atoms with van der Waals surface area (Å²) < 4.78 is 5.54. The molecule has 1 aromatic carbocycles. The second-order valence-electron chi connectivity index (χ2n) is 5.24. The molecule has 0 unspecified atom stereocenters. The van der Waals surface area contributed by atoms with Crippen LogP contribution >= 0.6 is 0 Å². The van der Waals surface area contributed by atoms with Gasteiger partial charge < -0.3 is 14.8 Å². The molecule has 0 bridgehead atoms. The minimum Gasteiger partial charge on any atom is -0.505 e. The summed E-state index contributed by atoms with van der Waals surface area (Å²) in [6, 6.07) is 12.4. The van der Waals surface area contributed by atoms with Crippen LogP contribution in [0.3, 0.4) is 0 Å². The minimum atomic E-state index is -0.436. The van der Waals surface area contributed by atoms with Gasteiger partial charge in [-0.15, -0.1) is 0 Å². The summed E-state index contributed by atoms with van der Waals surface area (Å²) in [5.74, 6) is 1.20. The zero-order valence-corrected chi connectivity index (χ0v) is 12.6. The summed E-state index contributed by atoms with van der Waals surface area (Å²) in [6.07, 6.45) is 6.54. The maximum atomic E-state index is 10.7. The lowest BCUT2D eigenvalue weighted by Crippen LogP contribution is -2.14. The molecule has 0 spiro atoms. The van der Waals surface area contributed by atoms with Crippen molar-refractivity contribution >= 4 is 16.9 Å². The van der Waals surface area contributed by atoms with Gasteiger partial charge in [0.1, 0.15) is 23.1 Å². The Kier molecular flexibility index (Phi) is 3.55. The molecule has 6 nitrogen and oxygen atoms in total. The Bertz CT molecular complexity index is 955. The van der Waals surface area contributed by atoms with E-state index in [9.17, 15) is 5.11 Å². The van der Waals surface area contributed by atoms with Crippen molar-refractivity contribution in [1.82, 2.24) is 15.0 Å². The summed E-state index contributed by atoms with van der Waals surface area (Å²) in [7, 11) is 0. The lowest BCUT2D eigenvalue weighted by molar-refractivity contribution is 0.458. The fraction of sp³-hybridized carbons (Fsp3) is 0.0556. The second kappa shape index (κ2) is 6.00. The summed E-state index contributed by atoms with van der Waals surface area (Å²) in [4.78, 5) is 12.6. The third-order valence-electron chi connectivity index (χ3n) is 3.76. The maximum Gasteiger partial charge on any atom is 0.223 e. The number of furan rings is 1. The Morgan fingerprint density at radius 1 is 0.917 bits per heavy atom. The van der Waals surface area contributed by atoms with Gasteiger partial charge in [-0.1, -0.05) is 18.2 Å². The third-order valence-corrected chi connectivity index (χ3v) is 3.76. The van der Waals surface area contributed by atoms with Gasteiger partial charge in [-0.3, -0.25) is 4.98 Å². The molecular weight excluding hydrogens is 304 g/mol. The highest BCUT2D eigenvalue weighted by Crippen LogP contribution is 2.35. The van der Waals surface area contributed by atoms with Crippen molar-refractivity contribution in [2.24, 2.45) is 0 Å². The summed E-state index contributed by atoms with van der Waals surface area (Å²) in [6.45, 7) is 0. The van der Waals surface area contributed by atoms with Crippen LogP contribution in [0.25, 0.3) is 10.9 Å². The molecule has 0 radical (unpaired) electrons. The Morgan fingerprint density at radius 3 is 2.54 bits per heavy atom. The zero-order valence-electron chi connectivity index (χ0n) is 12.6. The van der Waals surface area contributed by atoms with Crippen molar-refractivity contribution in [1.29, 1.82) is 0 Å². The van der Waals surface area contributed by atoms with Crippen LogP contribution in [0.15, 0.2) is 71.7 Å². The molecular formula is C18H14N4O2. The first-order valence-corrected chi connectivity index (χ1v) is 7.46. The van der Waals surface area contributed by atoms with Crippen LogP contribution in [0.5, 0.6) is 5.75 Å². The van der Waals surface area contributed by atoms with E-state index >= 15 is 0 Å². The topological polar surface area (TPSA) is 84.1 Å². The maximum absolute atomic E-state index is 10.7. The molecule has 118 valence electrons. The van der Waals surface area contributed by atoms with Gasteiger partial charge in [0, 0.05) is 29.5 Å². The van der Waals surface area contributed by atoms with Gasteiger partial charge >= 0.3 is 0 Å². The molecule has 1 atom stereocenters. The molecule has 0 aliphatic rings. The number of phenols is 1. The van der Waals surface area contributed by atoms with E-state index in [0.717, 1.165) is 5.39 Å². The van der Waals surface area contributed by atoms with Crippen molar-refractivity contribution in [3.05, 3.63) is 78.6 Å². The van der Waals surface area contributed by atoms with Crippen LogP contribution < -0.4 is 5.32 Å². The number of phenolic OH excluding ortho intramolecular Hbond substituents is 1. The third kappa shape index (κ3) is 2.54. The summed E-state index contributed by atoms with van der Waals surface area (Å²) in [5, 5.41) is 14.8. The highest BCUT2D eigenvalue weighted by atomic mass is 16.3. The number of nitrogens with zero attached hydrogens (tertiary/aromatic N) is 3. The molecule has 24 heavy (non-hydrogen) atoms. The second-order valence-corrected chi connectivity index (χ2v) is 5.24. The SMILES string of the molecule is Oc1c([C@@H](Nc2ncccn2)c2ccco2)ccc2cccnc12. The van der Waals surface area contributed by atoms with Crippen LogP contribution in [0.4, 0.5) is 5.95 Å². The van der Waals surface area contributed by atoms with E-state index in [4.69, 9.17) is 4.42 Å². The molecule has 2 N–H and O–H groups in total. The molecule has 6 heteroatoms. The fourth-order valence-corrected chi connectivity index (χ4v) is 2.64. The van der Waals surface area contributed by atoms with E-state index in [0.29, 0.717) is 22.8 Å². The van der Waals surface area contributed by atoms with E-state index in [-0.39, 0.29) is 5.75 Å². The van der Waals surface area contributed by atoms with Crippen molar-refractivity contribution in [3.8, 4) is 5.75 Å². The predicted molar refractivity (Wildman–Crippen MR) is 89.6 cm³/mol. The normalized spacial score (nSPS) is 12.2. The van der Waals surface area contributed by atoms with Crippen LogP contribution in [-0.4, -0.2) is 20.1 Å². The van der Waals surface area contributed by atoms with Crippen molar-refractivity contribution < 1.29 is 9.52 Å². The lowest BCUT2D eigenvalue weighted by Gasteiger charge is -2.18. The van der Waals surface area contributed by atoms with Gasteiger partial charge in [-0.2, -0.15) is 0 Å². The number of nitrogens with one attached hydrogen (secondary N) is 1. The van der Waals surface area contributed by atoms with Gasteiger partial charge in [-0.05, 0) is 24.3 Å². The molecule has 4 rings (SSSR count). The molecule has 0 amide bonds. The fourth-order valence-electron chi connectivity index (χ4n) is 2.64. The van der Waals surface area contributed by atoms with Gasteiger partial charge in [0.2, 0.25) is 5.95 Å². The first-order valence-electron chi connectivity index (χ1n) is 7.46. The minimum absolute atomic E-state index is 0.109. The summed E-state index contributed by atoms with van der Waals surface area (Å²) >= 11 is 0. The molecule has 0 saturated heterocycles. The number of aromatic nitrogens is 3. The average Bonchev–Trinajstić information content (AvgIpc) is 3.16. The average molecular weight is 318 g/mol. The number of aromatic hydroxyl groups is 1. The standard InChI is InChI=1S/C18H14N4O2/c23-17-13(7-6-12-4-1-8-19-15(12)17)16(14-5-2-11-24-14)22-18-20-9-3-10-21-18/h1-11,16,23H,(H,20,21,22)/t16-/m1/s1. The number of hydrogen-bond donors (Lipinski definition) is 2. The van der Waals surface area contributed by atoms with Gasteiger partial charge in [0.15, 0.2) is 0 Å². The van der Waals surface area contributed by atoms with Crippen molar-refractivity contribution in [3.63, 3.8) is 0 Å². The number of pyridine rings is 1. The van der Waals surface area contributed by atoms with Gasteiger partial charge in [0.25, 0.3) is 0 Å². The van der Waals surface area contributed by atoms with Crippen LogP contribution in [0, 0.1) is 0 Å². The number of benzene rings is 1. The Labute approximate surface area is 137 Å². The van der Waals surface area contributed by atoms with Gasteiger partial charge in [0.05, 0.1) is 6.26 Å². The van der Waals surface area contributed by atoms with Crippen molar-refractivity contribution in [2.45, 2.75) is 6.04 Å². The molecule has 4 aromatic rings. The Hall–Kier alpha value is -3.41. The number of hydrogen-bond acceptors (Lipinski definition) is 6. The first-order chi connectivity index (χ1) is 11.8. The highest BCUT2D eigenvalue weighted by molar-refractivity contribution is 5.85. The van der Waals surface area contributed by atoms with Crippen LogP contribution in [-0.2, 0) is 0 Å². The molecule has 3 heterocycles. The highest BCUT2D eigenvalue weighted by Gasteiger charge is 2.22. The van der Waals surface area contributed by atoms with Crippen LogP contribution in [0.1, 0.15) is 17.4 Å². The summed E-state index contributed by atoms with van der Waals surface area (Å²) in [5.41, 5.74) is 1.19. The van der Waals surface area contributed by atoms with E-state index in [1.807, 2.05) is 30.3 Å². The van der Waals surface area contributed by atoms with Crippen LogP contribution in [0.2, 0.25) is 0 Å². The lowest BCUT2D eigenvalue weighted by atomic mass is 10.0. The molecule has 3 aromatic heterocycles. The van der Waals surface area contributed by atoms with E-state index in [1.165, 1.54) is 0 Å².